The number of hydrogen-bond donors (Lipinski definition) is 0. The molecule has 1 aliphatic heterocycles. The van der Waals surface area contributed by atoms with E-state index in [1.54, 1.807) is 0 Å². The maximum atomic E-state index is 7.72. The van der Waals surface area contributed by atoms with Crippen LogP contribution in [0.15, 0.2) is 84.4 Å². The third-order valence-electron chi connectivity index (χ3n) is 7.89. The molecule has 4 aromatic carbocycles. The summed E-state index contributed by atoms with van der Waals surface area (Å²) in [6.45, 7) is 6.67. The molecule has 0 saturated heterocycles. The molecule has 0 aromatic heterocycles. The predicted molar refractivity (Wildman–Crippen MR) is 153 cm³/mol. The van der Waals surface area contributed by atoms with Gasteiger partial charge >= 0.3 is 224 Å². The summed E-state index contributed by atoms with van der Waals surface area (Å²) in [4.78, 5) is 0. The van der Waals surface area contributed by atoms with Crippen molar-refractivity contribution in [1.82, 2.24) is 0 Å². The van der Waals surface area contributed by atoms with Crippen LogP contribution in [0.4, 0.5) is 0 Å². The summed E-state index contributed by atoms with van der Waals surface area (Å²) in [6, 6.07) is 28.9. The van der Waals surface area contributed by atoms with E-state index >= 15 is 0 Å². The van der Waals surface area contributed by atoms with Crippen molar-refractivity contribution in [1.29, 1.82) is 0 Å². The van der Waals surface area contributed by atoms with Gasteiger partial charge in [-0.25, -0.2) is 0 Å². The van der Waals surface area contributed by atoms with E-state index in [9.17, 15) is 0 Å². The van der Waals surface area contributed by atoms with Crippen LogP contribution in [0.3, 0.4) is 0 Å². The minimum absolute atomic E-state index is 0.139. The third-order valence-corrected chi connectivity index (χ3v) is 22.2. The average molecular weight is 591 g/mol. The SMILES string of the molecule is CCC1=Cc2c(ccc(C)c2-c2ccccc2C)[CH]1[Zr]([Cl])([Cl])[c]1cccc2c1[SiH2]c1ccccc1-2. The van der Waals surface area contributed by atoms with Crippen molar-refractivity contribution in [3.8, 4) is 22.3 Å². The molecule has 1 atom stereocenters. The fourth-order valence-electron chi connectivity index (χ4n) is 6.19. The van der Waals surface area contributed by atoms with Crippen LogP contribution in [0.25, 0.3) is 28.3 Å². The van der Waals surface area contributed by atoms with Gasteiger partial charge < -0.3 is 0 Å². The summed E-state index contributed by atoms with van der Waals surface area (Å²) in [6.07, 6.45) is 3.39. The summed E-state index contributed by atoms with van der Waals surface area (Å²) in [5.74, 6) is 0. The Bertz CT molecular complexity index is 1520. The van der Waals surface area contributed by atoms with E-state index in [1.807, 2.05) is 0 Å². The van der Waals surface area contributed by atoms with Crippen molar-refractivity contribution in [3.63, 3.8) is 0 Å². The second-order valence-corrected chi connectivity index (χ2v) is 25.7. The third kappa shape index (κ3) is 3.72. The molecule has 0 fully saturated rings. The normalized spacial score (nSPS) is 16.7. The molecule has 35 heavy (non-hydrogen) atoms. The van der Waals surface area contributed by atoms with Crippen LogP contribution in [-0.2, 0) is 17.9 Å². The van der Waals surface area contributed by atoms with Gasteiger partial charge in [-0.2, -0.15) is 0 Å². The zero-order chi connectivity index (χ0) is 24.3. The van der Waals surface area contributed by atoms with Crippen molar-refractivity contribution in [2.75, 3.05) is 0 Å². The Kier molecular flexibility index (Phi) is 6.09. The Hall–Kier alpha value is -1.70. The first kappa shape index (κ1) is 23.7. The van der Waals surface area contributed by atoms with Crippen LogP contribution in [-0.4, -0.2) is 9.52 Å². The number of benzene rings is 4. The Labute approximate surface area is 222 Å². The topological polar surface area (TPSA) is 0 Å². The van der Waals surface area contributed by atoms with Crippen molar-refractivity contribution >= 4 is 46.3 Å². The van der Waals surface area contributed by atoms with Crippen LogP contribution < -0.4 is 13.6 Å². The Balaban J connectivity index is 1.53. The number of fused-ring (bicyclic) bond motifs is 4. The Morgan fingerprint density at radius 3 is 2.26 bits per heavy atom. The molecule has 4 aromatic rings. The van der Waals surface area contributed by atoms with Gasteiger partial charge in [0.2, 0.25) is 0 Å². The van der Waals surface area contributed by atoms with Gasteiger partial charge in [0.1, 0.15) is 0 Å². The fourth-order valence-corrected chi connectivity index (χ4v) is 23.2. The van der Waals surface area contributed by atoms with Crippen LogP contribution in [0.1, 0.15) is 39.2 Å². The molecule has 0 spiro atoms. The molecule has 0 bridgehead atoms. The van der Waals surface area contributed by atoms with E-state index in [-0.39, 0.29) is 3.63 Å². The van der Waals surface area contributed by atoms with Crippen LogP contribution >= 0.6 is 17.0 Å². The number of aryl methyl sites for hydroxylation is 2. The molecule has 4 heteroatoms. The molecule has 1 aliphatic carbocycles. The van der Waals surface area contributed by atoms with Crippen LogP contribution in [0, 0.1) is 13.8 Å². The summed E-state index contributed by atoms with van der Waals surface area (Å²) in [5.41, 5.74) is 12.1. The quantitative estimate of drug-likeness (QED) is 0.204. The maximum absolute atomic E-state index is 7.72. The average Bonchev–Trinajstić information content (AvgIpc) is 3.43. The number of halogens is 2. The van der Waals surface area contributed by atoms with E-state index < -0.39 is 27.4 Å². The van der Waals surface area contributed by atoms with E-state index in [0.717, 1.165) is 6.42 Å². The molecule has 0 N–H and O–H groups in total. The van der Waals surface area contributed by atoms with Crippen LogP contribution in [0.2, 0.25) is 0 Å². The van der Waals surface area contributed by atoms with E-state index in [0.29, 0.717) is 0 Å². The van der Waals surface area contributed by atoms with Gasteiger partial charge in [-0.3, -0.25) is 0 Å². The van der Waals surface area contributed by atoms with Gasteiger partial charge in [0.05, 0.1) is 0 Å². The predicted octanol–water partition coefficient (Wildman–Crippen LogP) is 6.71. The Morgan fingerprint density at radius 1 is 0.771 bits per heavy atom. The number of hydrogen-bond acceptors (Lipinski definition) is 0. The zero-order valence-corrected chi connectivity index (χ0v) is 25.7. The van der Waals surface area contributed by atoms with Gasteiger partial charge in [0.15, 0.2) is 0 Å². The molecule has 0 saturated carbocycles. The first-order valence-electron chi connectivity index (χ1n) is 12.4. The molecule has 2 aliphatic rings. The summed E-state index contributed by atoms with van der Waals surface area (Å²) < 4.78 is 1.44. The fraction of sp³-hybridized carbons (Fsp3) is 0.161. The molecule has 1 heterocycles. The van der Waals surface area contributed by atoms with E-state index in [4.69, 9.17) is 17.0 Å². The first-order chi connectivity index (χ1) is 16.9. The first-order valence-corrected chi connectivity index (χ1v) is 22.8. The van der Waals surface area contributed by atoms with Gasteiger partial charge in [-0.15, -0.1) is 0 Å². The monoisotopic (exact) mass is 588 g/mol. The molecule has 0 radical (unpaired) electrons. The van der Waals surface area contributed by atoms with Gasteiger partial charge in [-0.1, -0.05) is 0 Å². The minimum atomic E-state index is -3.89. The van der Waals surface area contributed by atoms with Crippen molar-refractivity contribution in [3.05, 3.63) is 107 Å². The van der Waals surface area contributed by atoms with E-state index in [1.165, 1.54) is 63.7 Å². The summed E-state index contributed by atoms with van der Waals surface area (Å²) in [5, 5.41) is 3.01. The molecular formula is C31H28Cl2SiZr. The van der Waals surface area contributed by atoms with Gasteiger partial charge in [0.25, 0.3) is 0 Å². The standard InChI is InChI=1S/C19H19.C12H9Si.2ClH.Zr/c1-4-15-11-16-10-9-14(3)19(18(16)12-15)17-8-6-5-7-13(17)2;1-3-7-11-9(5-1)10-6-2-4-8-12(10)13-11;;;/h5-12H,4H2,1-3H3;1-7H,13H2;2*1H;/q;;;;+2/p-2. The van der Waals surface area contributed by atoms with Gasteiger partial charge in [0, 0.05) is 0 Å². The van der Waals surface area contributed by atoms with Gasteiger partial charge in [-0.05, 0) is 0 Å². The number of allylic oxidation sites excluding steroid dienone is 1. The van der Waals surface area contributed by atoms with Crippen molar-refractivity contribution in [2.24, 2.45) is 0 Å². The zero-order valence-electron chi connectivity index (χ0n) is 20.3. The van der Waals surface area contributed by atoms with E-state index in [2.05, 4.69) is 106 Å². The molecule has 6 rings (SSSR count). The molecule has 1 unspecified atom stereocenters. The summed E-state index contributed by atoms with van der Waals surface area (Å²) >= 11 is -3.89. The second-order valence-electron chi connectivity index (χ2n) is 9.87. The molecular weight excluding hydrogens is 563 g/mol. The Morgan fingerprint density at radius 2 is 1.49 bits per heavy atom. The molecule has 0 nitrogen and oxygen atoms in total. The van der Waals surface area contributed by atoms with Crippen molar-refractivity contribution < 1.29 is 17.9 Å². The molecule has 174 valence electrons. The summed E-state index contributed by atoms with van der Waals surface area (Å²) in [7, 11) is 14.9. The van der Waals surface area contributed by atoms with Crippen LogP contribution in [0.5, 0.6) is 0 Å². The number of rotatable bonds is 4. The second kappa shape index (κ2) is 9.00. The van der Waals surface area contributed by atoms with Crippen molar-refractivity contribution in [2.45, 2.75) is 30.8 Å². The molecule has 0 amide bonds.